The second-order valence-electron chi connectivity index (χ2n) is 8.69. The number of carbonyl (C=O) groups is 1. The highest BCUT2D eigenvalue weighted by molar-refractivity contribution is 5.96. The number of hydrogen-bond donors (Lipinski definition) is 2. The summed E-state index contributed by atoms with van der Waals surface area (Å²) in [5.74, 6) is 1.60. The number of amides is 1. The van der Waals surface area contributed by atoms with Crippen molar-refractivity contribution in [2.24, 2.45) is 0 Å². The second kappa shape index (κ2) is 10.6. The molecule has 1 saturated heterocycles. The standard InChI is InChI=1S/C26H24F3N7O2/c1-38-20-15-31-14-19-23(20)25(36-10-8-30-9-11-36)35-24(33-19)17-6-7-32-21(13-17)34-22(37)12-16-2-4-18(5-3-16)26(27,28)29/h2-7,13-15,30H,8-12H2,1H3,(H,32,34,37). The molecule has 0 spiro atoms. The van der Waals surface area contributed by atoms with E-state index in [1.54, 1.807) is 31.6 Å². The van der Waals surface area contributed by atoms with Gasteiger partial charge in [-0.05, 0) is 29.8 Å². The molecular weight excluding hydrogens is 499 g/mol. The van der Waals surface area contributed by atoms with Gasteiger partial charge in [-0.2, -0.15) is 13.2 Å². The average molecular weight is 524 g/mol. The summed E-state index contributed by atoms with van der Waals surface area (Å²) in [4.78, 5) is 32.8. The maximum Gasteiger partial charge on any atom is 0.416 e. The number of nitrogens with zero attached hydrogens (tertiary/aromatic N) is 5. The molecule has 0 radical (unpaired) electrons. The minimum atomic E-state index is -4.43. The Morgan fingerprint density at radius 1 is 1.11 bits per heavy atom. The predicted octanol–water partition coefficient (Wildman–Crippen LogP) is 3.71. The summed E-state index contributed by atoms with van der Waals surface area (Å²) in [5, 5.41) is 6.80. The van der Waals surface area contributed by atoms with Gasteiger partial charge in [-0.1, -0.05) is 12.1 Å². The van der Waals surface area contributed by atoms with E-state index in [4.69, 9.17) is 14.7 Å². The third-order valence-corrected chi connectivity index (χ3v) is 6.12. The molecule has 0 aliphatic carbocycles. The molecule has 4 aromatic rings. The average Bonchev–Trinajstić information content (AvgIpc) is 2.92. The van der Waals surface area contributed by atoms with Gasteiger partial charge in [0.1, 0.15) is 17.4 Å². The van der Waals surface area contributed by atoms with Crippen LogP contribution in [0.1, 0.15) is 11.1 Å². The molecule has 1 aliphatic heterocycles. The van der Waals surface area contributed by atoms with E-state index < -0.39 is 17.6 Å². The topological polar surface area (TPSA) is 105 Å². The van der Waals surface area contributed by atoms with Crippen LogP contribution in [0, 0.1) is 0 Å². The third-order valence-electron chi connectivity index (χ3n) is 6.12. The van der Waals surface area contributed by atoms with Crippen molar-refractivity contribution in [3.63, 3.8) is 0 Å². The van der Waals surface area contributed by atoms with E-state index in [-0.39, 0.29) is 12.2 Å². The van der Waals surface area contributed by atoms with Gasteiger partial charge in [0.05, 0.1) is 42.4 Å². The number of ether oxygens (including phenoxy) is 1. The highest BCUT2D eigenvalue weighted by Gasteiger charge is 2.30. The summed E-state index contributed by atoms with van der Waals surface area (Å²) in [5.41, 5.74) is 0.935. The quantitative estimate of drug-likeness (QED) is 0.394. The first-order chi connectivity index (χ1) is 18.3. The van der Waals surface area contributed by atoms with Gasteiger partial charge in [-0.25, -0.2) is 15.0 Å². The molecule has 12 heteroatoms. The monoisotopic (exact) mass is 523 g/mol. The van der Waals surface area contributed by atoms with Crippen LogP contribution in [0.4, 0.5) is 24.8 Å². The van der Waals surface area contributed by atoms with E-state index in [0.717, 1.165) is 49.5 Å². The highest BCUT2D eigenvalue weighted by Crippen LogP contribution is 2.34. The van der Waals surface area contributed by atoms with Crippen LogP contribution in [-0.4, -0.2) is 59.1 Å². The Hall–Kier alpha value is -4.32. The van der Waals surface area contributed by atoms with Crippen molar-refractivity contribution in [2.75, 3.05) is 43.5 Å². The van der Waals surface area contributed by atoms with Gasteiger partial charge in [0.25, 0.3) is 0 Å². The minimum Gasteiger partial charge on any atom is -0.494 e. The largest absolute Gasteiger partial charge is 0.494 e. The fraction of sp³-hybridized carbons (Fsp3) is 0.269. The molecule has 0 unspecified atom stereocenters. The van der Waals surface area contributed by atoms with Crippen molar-refractivity contribution < 1.29 is 22.7 Å². The summed E-state index contributed by atoms with van der Waals surface area (Å²) >= 11 is 0. The van der Waals surface area contributed by atoms with Gasteiger partial charge in [-0.15, -0.1) is 0 Å². The number of benzene rings is 1. The van der Waals surface area contributed by atoms with Gasteiger partial charge >= 0.3 is 6.18 Å². The lowest BCUT2D eigenvalue weighted by Gasteiger charge is -2.29. The molecule has 3 aromatic heterocycles. The third kappa shape index (κ3) is 5.49. The van der Waals surface area contributed by atoms with Crippen LogP contribution in [0.3, 0.4) is 0 Å². The number of halogens is 3. The molecule has 1 fully saturated rings. The summed E-state index contributed by atoms with van der Waals surface area (Å²) < 4.78 is 43.9. The first-order valence-electron chi connectivity index (χ1n) is 11.9. The van der Waals surface area contributed by atoms with Gasteiger partial charge < -0.3 is 20.3 Å². The maximum atomic E-state index is 12.8. The van der Waals surface area contributed by atoms with Crippen LogP contribution in [0.25, 0.3) is 22.3 Å². The summed E-state index contributed by atoms with van der Waals surface area (Å²) in [6, 6.07) is 7.88. The Bertz CT molecular complexity index is 1460. The molecule has 9 nitrogen and oxygen atoms in total. The predicted molar refractivity (Wildman–Crippen MR) is 136 cm³/mol. The zero-order chi connectivity index (χ0) is 26.7. The molecular formula is C26H24F3N7O2. The molecule has 1 amide bonds. The van der Waals surface area contributed by atoms with E-state index in [1.165, 1.54) is 18.3 Å². The van der Waals surface area contributed by atoms with Crippen LogP contribution in [0.2, 0.25) is 0 Å². The molecule has 4 heterocycles. The zero-order valence-corrected chi connectivity index (χ0v) is 20.4. The number of alkyl halides is 3. The van der Waals surface area contributed by atoms with Crippen LogP contribution in [0.15, 0.2) is 55.0 Å². The maximum absolute atomic E-state index is 12.8. The summed E-state index contributed by atoms with van der Waals surface area (Å²) in [6.07, 6.45) is 0.290. The smallest absolute Gasteiger partial charge is 0.416 e. The van der Waals surface area contributed by atoms with Crippen molar-refractivity contribution in [2.45, 2.75) is 12.6 Å². The molecule has 0 saturated carbocycles. The van der Waals surface area contributed by atoms with Gasteiger partial charge in [0.2, 0.25) is 5.91 Å². The van der Waals surface area contributed by atoms with Crippen LogP contribution < -0.4 is 20.3 Å². The van der Waals surface area contributed by atoms with Crippen LogP contribution >= 0.6 is 0 Å². The SMILES string of the molecule is COc1cncc2nc(-c3ccnc(NC(=O)Cc4ccc(C(F)(F)F)cc4)c3)nc(N3CCNCC3)c12. The van der Waals surface area contributed by atoms with Crippen molar-refractivity contribution in [1.82, 2.24) is 25.3 Å². The van der Waals surface area contributed by atoms with Crippen molar-refractivity contribution >= 4 is 28.4 Å². The van der Waals surface area contributed by atoms with Gasteiger partial charge in [0, 0.05) is 37.9 Å². The molecule has 196 valence electrons. The number of pyridine rings is 2. The first-order valence-corrected chi connectivity index (χ1v) is 11.9. The lowest BCUT2D eigenvalue weighted by atomic mass is 10.1. The number of aromatic nitrogens is 4. The Kier molecular flexibility index (Phi) is 7.05. The lowest BCUT2D eigenvalue weighted by Crippen LogP contribution is -2.44. The Morgan fingerprint density at radius 2 is 1.87 bits per heavy atom. The number of rotatable bonds is 6. The number of hydrogen-bond acceptors (Lipinski definition) is 8. The Morgan fingerprint density at radius 3 is 2.58 bits per heavy atom. The van der Waals surface area contributed by atoms with E-state index in [2.05, 4.69) is 25.5 Å². The van der Waals surface area contributed by atoms with E-state index in [9.17, 15) is 18.0 Å². The number of anilines is 2. The second-order valence-corrected chi connectivity index (χ2v) is 8.69. The molecule has 2 N–H and O–H groups in total. The molecule has 1 aromatic carbocycles. The highest BCUT2D eigenvalue weighted by atomic mass is 19.4. The van der Waals surface area contributed by atoms with Gasteiger partial charge in [-0.3, -0.25) is 9.78 Å². The fourth-order valence-corrected chi connectivity index (χ4v) is 4.25. The first kappa shape index (κ1) is 25.3. The lowest BCUT2D eigenvalue weighted by molar-refractivity contribution is -0.137. The molecule has 5 rings (SSSR count). The number of piperazine rings is 1. The number of carbonyl (C=O) groups excluding carboxylic acids is 1. The van der Waals surface area contributed by atoms with E-state index in [0.29, 0.717) is 28.2 Å². The number of fused-ring (bicyclic) bond motifs is 1. The van der Waals surface area contributed by atoms with Gasteiger partial charge in [0.15, 0.2) is 5.82 Å². The number of nitrogens with one attached hydrogen (secondary N) is 2. The zero-order valence-electron chi connectivity index (χ0n) is 20.4. The minimum absolute atomic E-state index is 0.102. The van der Waals surface area contributed by atoms with Crippen LogP contribution in [0.5, 0.6) is 5.75 Å². The Labute approximate surface area is 216 Å². The number of methoxy groups -OCH3 is 1. The summed E-state index contributed by atoms with van der Waals surface area (Å²) in [7, 11) is 1.58. The van der Waals surface area contributed by atoms with Crippen molar-refractivity contribution in [1.29, 1.82) is 0 Å². The molecule has 38 heavy (non-hydrogen) atoms. The molecule has 0 atom stereocenters. The van der Waals surface area contributed by atoms with Crippen molar-refractivity contribution in [3.8, 4) is 17.1 Å². The summed E-state index contributed by atoms with van der Waals surface area (Å²) in [6.45, 7) is 3.16. The molecule has 0 bridgehead atoms. The normalized spacial score (nSPS) is 13.9. The van der Waals surface area contributed by atoms with E-state index >= 15 is 0 Å². The van der Waals surface area contributed by atoms with Crippen LogP contribution in [-0.2, 0) is 17.4 Å². The van der Waals surface area contributed by atoms with Crippen molar-refractivity contribution in [3.05, 3.63) is 66.1 Å². The molecule has 1 aliphatic rings. The van der Waals surface area contributed by atoms with E-state index in [1.807, 2.05) is 0 Å². The fourth-order valence-electron chi connectivity index (χ4n) is 4.25. The Balaban J connectivity index is 1.41.